The van der Waals surface area contributed by atoms with Crippen LogP contribution >= 0.6 is 69.6 Å². The largest absolute Gasteiger partial charge is 0.462 e. The molecule has 48 heavy (non-hydrogen) atoms. The summed E-state index contributed by atoms with van der Waals surface area (Å²) in [5.74, 6) is -4.47. The summed E-state index contributed by atoms with van der Waals surface area (Å²) in [6, 6.07) is 2.26. The van der Waals surface area contributed by atoms with Gasteiger partial charge in [0, 0.05) is 0 Å². The molecule has 0 bridgehead atoms. The fraction of sp³-hybridized carbons (Fsp3) is 0.529. The highest BCUT2D eigenvalue weighted by molar-refractivity contribution is 6.47. The van der Waals surface area contributed by atoms with E-state index in [1.807, 2.05) is 0 Å². The Kier molecular flexibility index (Phi) is 12.2. The normalized spacial score (nSPS) is 25.7. The van der Waals surface area contributed by atoms with Crippen LogP contribution in [-0.2, 0) is 19.1 Å². The molecule has 0 N–H and O–H groups in total. The Balaban J connectivity index is 1.51. The van der Waals surface area contributed by atoms with Crippen LogP contribution in [0.2, 0.25) is 30.1 Å². The van der Waals surface area contributed by atoms with Gasteiger partial charge in [0.2, 0.25) is 0 Å². The highest BCUT2D eigenvalue weighted by Crippen LogP contribution is 2.63. The van der Waals surface area contributed by atoms with Crippen LogP contribution < -0.4 is 9.47 Å². The minimum absolute atomic E-state index is 0.0538. The monoisotopic (exact) mass is 782 g/mol. The number of esters is 4. The van der Waals surface area contributed by atoms with E-state index in [4.69, 9.17) is 88.6 Å². The lowest BCUT2D eigenvalue weighted by atomic mass is 9.95. The third-order valence-electron chi connectivity index (χ3n) is 11.0. The second-order valence-corrected chi connectivity index (χ2v) is 15.0. The number of carbonyl (C=O) groups excluding carboxylic acids is 4. The average Bonchev–Trinajstić information content (AvgIpc) is 3.78. The molecule has 2 aromatic carbocycles. The Morgan fingerprint density at radius 3 is 1.17 bits per heavy atom. The van der Waals surface area contributed by atoms with E-state index >= 15 is 0 Å². The zero-order chi connectivity index (χ0) is 35.9. The molecule has 0 aliphatic heterocycles. The van der Waals surface area contributed by atoms with Crippen molar-refractivity contribution in [3.8, 4) is 11.5 Å². The number of carbonyl (C=O) groups is 4. The Labute approximate surface area is 309 Å². The fourth-order valence-electron chi connectivity index (χ4n) is 7.25. The highest BCUT2D eigenvalue weighted by Gasteiger charge is 2.57. The van der Waals surface area contributed by atoms with Gasteiger partial charge in [-0.2, -0.15) is 0 Å². The van der Waals surface area contributed by atoms with E-state index < -0.39 is 46.5 Å². The van der Waals surface area contributed by atoms with Gasteiger partial charge in [-0.3, -0.25) is 0 Å². The molecule has 8 nitrogen and oxygen atoms in total. The summed E-state index contributed by atoms with van der Waals surface area (Å²) in [7, 11) is 0. The number of benzene rings is 2. The topological polar surface area (TPSA) is 105 Å². The zero-order valence-electron chi connectivity index (χ0n) is 27.2. The van der Waals surface area contributed by atoms with Crippen LogP contribution in [0.25, 0.3) is 0 Å². The van der Waals surface area contributed by atoms with E-state index in [1.165, 1.54) is 0 Å². The van der Waals surface area contributed by atoms with Crippen molar-refractivity contribution in [1.82, 2.24) is 0 Å². The first kappa shape index (κ1) is 38.9. The minimum atomic E-state index is -1.64. The maximum absolute atomic E-state index is 13.2. The molecular weight excluding hydrogens is 749 g/mol. The Morgan fingerprint density at radius 1 is 0.583 bits per heavy atom. The summed E-state index contributed by atoms with van der Waals surface area (Å²) < 4.78 is 21.4. The lowest BCUT2D eigenvalue weighted by Gasteiger charge is -2.18. The molecule has 4 unspecified atom stereocenters. The second-order valence-electron chi connectivity index (χ2n) is 12.6. The van der Waals surface area contributed by atoms with Gasteiger partial charge in [-0.25, -0.2) is 19.2 Å². The molecule has 0 aromatic heterocycles. The molecule has 0 heterocycles. The molecule has 262 valence electrons. The predicted octanol–water partition coefficient (Wildman–Crippen LogP) is 10.6. The number of hydrogen-bond acceptors (Lipinski definition) is 8. The van der Waals surface area contributed by atoms with Gasteiger partial charge >= 0.3 is 23.9 Å². The van der Waals surface area contributed by atoms with Crippen LogP contribution in [0, 0.1) is 34.5 Å². The first-order valence-corrected chi connectivity index (χ1v) is 17.9. The van der Waals surface area contributed by atoms with E-state index in [0.29, 0.717) is 36.5 Å². The summed E-state index contributed by atoms with van der Waals surface area (Å²) in [4.78, 5) is 52.5. The van der Waals surface area contributed by atoms with Crippen molar-refractivity contribution in [2.75, 3.05) is 13.2 Å². The molecule has 2 aromatic rings. The van der Waals surface area contributed by atoms with Crippen LogP contribution in [0.3, 0.4) is 0 Å². The van der Waals surface area contributed by atoms with Crippen molar-refractivity contribution in [3.63, 3.8) is 0 Å². The molecule has 0 saturated heterocycles. The fourth-order valence-corrected chi connectivity index (χ4v) is 8.69. The van der Waals surface area contributed by atoms with Gasteiger partial charge in [0.1, 0.15) is 11.1 Å². The van der Waals surface area contributed by atoms with E-state index in [0.717, 1.165) is 25.0 Å². The maximum Gasteiger partial charge on any atom is 0.423 e. The molecule has 2 saturated carbocycles. The summed E-state index contributed by atoms with van der Waals surface area (Å²) in [5, 5.41) is -1.48. The standard InChI is InChI=1S/C34H36Cl6O8/c1-7-33(15(3)16(33)4)9-11-45-29(41)23-25(39)19(35)13-21(37)27(23)47-31(43)32(44)48-28-22(38)14-20(36)26(40)24(28)30(42)46-12-10-34(8-2)17(5)18(34)6/h13-18H,7-12H2,1-6H3. The number of ether oxygens (including phenoxy) is 4. The molecule has 0 amide bonds. The first-order valence-electron chi connectivity index (χ1n) is 15.6. The maximum atomic E-state index is 13.2. The molecule has 2 aliphatic rings. The highest BCUT2D eigenvalue weighted by atomic mass is 35.5. The van der Waals surface area contributed by atoms with E-state index in [2.05, 4.69) is 41.5 Å². The molecule has 0 radical (unpaired) electrons. The zero-order valence-corrected chi connectivity index (χ0v) is 31.8. The average molecular weight is 785 g/mol. The quantitative estimate of drug-likeness (QED) is 0.0907. The SMILES string of the molecule is CCC1(CCOC(=O)c2c(Cl)c(Cl)cc(Cl)c2OC(=O)C(=O)Oc2c(Cl)cc(Cl)c(Cl)c2C(=O)OCCC2(CC)C(C)C2C)C(C)C1C. The van der Waals surface area contributed by atoms with Crippen molar-refractivity contribution in [1.29, 1.82) is 0 Å². The second kappa shape index (κ2) is 15.1. The third-order valence-corrected chi connectivity index (χ3v) is 13.2. The van der Waals surface area contributed by atoms with E-state index in [9.17, 15) is 19.2 Å². The number of halogens is 6. The Hall–Kier alpha value is -1.94. The Morgan fingerprint density at radius 2 is 0.896 bits per heavy atom. The summed E-state index contributed by atoms with van der Waals surface area (Å²) in [6.07, 6.45) is 3.06. The lowest BCUT2D eigenvalue weighted by Crippen LogP contribution is -2.27. The van der Waals surface area contributed by atoms with Crippen LogP contribution in [0.1, 0.15) is 87.9 Å². The van der Waals surface area contributed by atoms with E-state index in [-0.39, 0.29) is 54.2 Å². The van der Waals surface area contributed by atoms with Gasteiger partial charge in [-0.05, 0) is 72.3 Å². The number of rotatable bonds is 12. The van der Waals surface area contributed by atoms with Gasteiger partial charge in [-0.1, -0.05) is 111 Å². The van der Waals surface area contributed by atoms with Crippen molar-refractivity contribution in [3.05, 3.63) is 53.4 Å². The molecule has 2 fully saturated rings. The minimum Gasteiger partial charge on any atom is -0.462 e. The van der Waals surface area contributed by atoms with Crippen LogP contribution in [-0.4, -0.2) is 37.1 Å². The van der Waals surface area contributed by atoms with Crippen molar-refractivity contribution >= 4 is 93.5 Å². The van der Waals surface area contributed by atoms with Crippen LogP contribution in [0.4, 0.5) is 0 Å². The molecule has 0 spiro atoms. The smallest absolute Gasteiger partial charge is 0.423 e. The number of hydrogen-bond donors (Lipinski definition) is 0. The molecule has 4 atom stereocenters. The molecular formula is C34H36Cl6O8. The summed E-state index contributed by atoms with van der Waals surface area (Å²) in [6.45, 7) is 12.9. The van der Waals surface area contributed by atoms with Gasteiger partial charge < -0.3 is 18.9 Å². The van der Waals surface area contributed by atoms with Gasteiger partial charge in [-0.15, -0.1) is 0 Å². The van der Waals surface area contributed by atoms with Crippen molar-refractivity contribution in [2.45, 2.75) is 67.2 Å². The summed E-state index contributed by atoms with van der Waals surface area (Å²) >= 11 is 37.5. The van der Waals surface area contributed by atoms with Gasteiger partial charge in [0.25, 0.3) is 0 Å². The molecule has 14 heteroatoms. The van der Waals surface area contributed by atoms with Crippen LogP contribution in [0.5, 0.6) is 11.5 Å². The van der Waals surface area contributed by atoms with E-state index in [1.54, 1.807) is 0 Å². The third kappa shape index (κ3) is 7.26. The van der Waals surface area contributed by atoms with Crippen molar-refractivity contribution in [2.24, 2.45) is 34.5 Å². The molecule has 2 aliphatic carbocycles. The first-order chi connectivity index (χ1) is 22.5. The van der Waals surface area contributed by atoms with Crippen molar-refractivity contribution < 1.29 is 38.1 Å². The Bertz CT molecular complexity index is 1510. The van der Waals surface area contributed by atoms with Gasteiger partial charge in [0.15, 0.2) is 11.5 Å². The predicted molar refractivity (Wildman–Crippen MR) is 186 cm³/mol. The lowest BCUT2D eigenvalue weighted by molar-refractivity contribution is -0.156. The van der Waals surface area contributed by atoms with Gasteiger partial charge in [0.05, 0.1) is 43.3 Å². The van der Waals surface area contributed by atoms with Crippen LogP contribution in [0.15, 0.2) is 12.1 Å². The molecule has 4 rings (SSSR count). The summed E-state index contributed by atoms with van der Waals surface area (Å²) in [5.41, 5.74) is -0.811.